The fourth-order valence-electron chi connectivity index (χ4n) is 2.22. The minimum atomic E-state index is -1.24. The van der Waals surface area contributed by atoms with E-state index in [-0.39, 0.29) is 5.15 Å². The average Bonchev–Trinajstić information content (AvgIpc) is 2.93. The molecule has 0 bridgehead atoms. The van der Waals surface area contributed by atoms with Crippen LogP contribution in [-0.4, -0.2) is 55.0 Å². The highest BCUT2D eigenvalue weighted by atomic mass is 35.5. The number of halogens is 2. The van der Waals surface area contributed by atoms with E-state index in [1.807, 2.05) is 0 Å². The zero-order valence-corrected chi connectivity index (χ0v) is 11.5. The fraction of sp³-hybridized carbons (Fsp3) is 0.455. The first-order valence-electron chi connectivity index (χ1n) is 5.84. The van der Waals surface area contributed by atoms with E-state index >= 15 is 0 Å². The van der Waals surface area contributed by atoms with Gasteiger partial charge in [-0.3, -0.25) is 0 Å². The van der Waals surface area contributed by atoms with Crippen LogP contribution in [0.5, 0.6) is 0 Å². The largest absolute Gasteiger partial charge is 0.394 e. The zero-order chi connectivity index (χ0) is 14.4. The Bertz CT molecular complexity index is 650. The molecule has 0 spiro atoms. The summed E-state index contributed by atoms with van der Waals surface area (Å²) in [6, 6.07) is 1.48. The summed E-state index contributed by atoms with van der Waals surface area (Å²) in [4.78, 5) is 4.10. The molecule has 0 radical (unpaired) electrons. The highest BCUT2D eigenvalue weighted by Crippen LogP contribution is 2.33. The first-order chi connectivity index (χ1) is 9.52. The van der Waals surface area contributed by atoms with E-state index in [4.69, 9.17) is 33.0 Å². The molecule has 1 aliphatic heterocycles. The second-order valence-electron chi connectivity index (χ2n) is 4.48. The molecule has 20 heavy (non-hydrogen) atoms. The van der Waals surface area contributed by atoms with Crippen molar-refractivity contribution in [3.8, 4) is 0 Å². The van der Waals surface area contributed by atoms with Crippen molar-refractivity contribution in [1.82, 2.24) is 14.8 Å². The molecule has 4 atom stereocenters. The van der Waals surface area contributed by atoms with Crippen LogP contribution in [0, 0.1) is 0 Å². The van der Waals surface area contributed by atoms with Crippen molar-refractivity contribution in [1.29, 1.82) is 0 Å². The maximum atomic E-state index is 9.99. The second-order valence-corrected chi connectivity index (χ2v) is 5.28. The number of aromatic nitrogens is 3. The highest BCUT2D eigenvalue weighted by Gasteiger charge is 2.44. The summed E-state index contributed by atoms with van der Waals surface area (Å²) >= 11 is 11.9. The Labute approximate surface area is 123 Å². The van der Waals surface area contributed by atoms with Crippen molar-refractivity contribution < 1.29 is 20.1 Å². The normalized spacial score (nSPS) is 30.2. The Morgan fingerprint density at radius 2 is 2.05 bits per heavy atom. The van der Waals surface area contributed by atoms with Crippen LogP contribution in [0.15, 0.2) is 12.3 Å². The van der Waals surface area contributed by atoms with Crippen molar-refractivity contribution in [2.24, 2.45) is 0 Å². The van der Waals surface area contributed by atoms with Gasteiger partial charge in [-0.05, 0) is 6.07 Å². The van der Waals surface area contributed by atoms with Crippen LogP contribution in [0.2, 0.25) is 10.2 Å². The maximum Gasteiger partial charge on any atom is 0.181 e. The third-order valence-corrected chi connectivity index (χ3v) is 3.75. The molecule has 0 aromatic carbocycles. The van der Waals surface area contributed by atoms with E-state index in [0.29, 0.717) is 16.1 Å². The molecule has 0 aliphatic carbocycles. The first-order valence-corrected chi connectivity index (χ1v) is 6.60. The van der Waals surface area contributed by atoms with Crippen molar-refractivity contribution in [3.05, 3.63) is 22.4 Å². The Hall–Kier alpha value is -0.960. The predicted octanol–water partition coefficient (Wildman–Crippen LogP) is 0.350. The van der Waals surface area contributed by atoms with Crippen molar-refractivity contribution in [2.45, 2.75) is 24.5 Å². The lowest BCUT2D eigenvalue weighted by Crippen LogP contribution is -2.33. The number of rotatable bonds is 2. The molecule has 1 saturated heterocycles. The van der Waals surface area contributed by atoms with Crippen LogP contribution in [-0.2, 0) is 4.74 Å². The molecular weight excluding hydrogens is 309 g/mol. The summed E-state index contributed by atoms with van der Waals surface area (Å²) in [7, 11) is 0. The molecule has 1 fully saturated rings. The highest BCUT2D eigenvalue weighted by molar-refractivity contribution is 6.37. The van der Waals surface area contributed by atoms with E-state index in [9.17, 15) is 10.2 Å². The van der Waals surface area contributed by atoms with Crippen LogP contribution in [0.1, 0.15) is 6.23 Å². The molecule has 3 heterocycles. The van der Waals surface area contributed by atoms with Crippen LogP contribution >= 0.6 is 23.2 Å². The van der Waals surface area contributed by atoms with Gasteiger partial charge in [0, 0.05) is 0 Å². The molecular formula is C11H11Cl2N3O4. The Kier molecular flexibility index (Phi) is 3.57. The summed E-state index contributed by atoms with van der Waals surface area (Å²) in [6.07, 6.45) is -2.84. The fourth-order valence-corrected chi connectivity index (χ4v) is 2.70. The third kappa shape index (κ3) is 2.07. The summed E-state index contributed by atoms with van der Waals surface area (Å²) in [5.74, 6) is 0. The number of hydrogen-bond donors (Lipinski definition) is 3. The van der Waals surface area contributed by atoms with Crippen LogP contribution in [0.4, 0.5) is 0 Å². The van der Waals surface area contributed by atoms with Gasteiger partial charge in [0.25, 0.3) is 0 Å². The number of aliphatic hydroxyl groups is 3. The second kappa shape index (κ2) is 5.10. The number of hydrogen-bond acceptors (Lipinski definition) is 6. The standard InChI is InChI=1S/C11H11Cl2N3O4/c12-5-1-7(13)15-10-4(5)2-14-16(10)11-9(19)8(18)6(3-17)20-11/h1-2,6,8-9,11,17-19H,3H2/t6?,8-,9-,11-/m1/s1. The lowest BCUT2D eigenvalue weighted by molar-refractivity contribution is -0.0566. The minimum absolute atomic E-state index is 0.177. The van der Waals surface area contributed by atoms with Crippen LogP contribution in [0.3, 0.4) is 0 Å². The van der Waals surface area contributed by atoms with Gasteiger partial charge in [-0.2, -0.15) is 5.10 Å². The summed E-state index contributed by atoms with van der Waals surface area (Å²) in [5, 5.41) is 34.0. The molecule has 9 heteroatoms. The van der Waals surface area contributed by atoms with Gasteiger partial charge in [-0.1, -0.05) is 23.2 Å². The Balaban J connectivity index is 2.07. The lowest BCUT2D eigenvalue weighted by Gasteiger charge is -2.15. The van der Waals surface area contributed by atoms with Gasteiger partial charge in [0.05, 0.1) is 23.2 Å². The van der Waals surface area contributed by atoms with E-state index in [1.54, 1.807) is 0 Å². The number of pyridine rings is 1. The quantitative estimate of drug-likeness (QED) is 0.690. The minimum Gasteiger partial charge on any atom is -0.394 e. The molecule has 1 unspecified atom stereocenters. The monoisotopic (exact) mass is 319 g/mol. The van der Waals surface area contributed by atoms with Gasteiger partial charge in [-0.15, -0.1) is 0 Å². The van der Waals surface area contributed by atoms with E-state index in [0.717, 1.165) is 0 Å². The van der Waals surface area contributed by atoms with Gasteiger partial charge < -0.3 is 20.1 Å². The smallest absolute Gasteiger partial charge is 0.181 e. The average molecular weight is 320 g/mol. The molecule has 0 saturated carbocycles. The molecule has 108 valence electrons. The van der Waals surface area contributed by atoms with Gasteiger partial charge in [0.1, 0.15) is 23.5 Å². The summed E-state index contributed by atoms with van der Waals surface area (Å²) < 4.78 is 6.68. The Morgan fingerprint density at radius 1 is 1.30 bits per heavy atom. The molecule has 0 amide bonds. The SMILES string of the molecule is OCC1O[C@@H](n2ncc3c(Cl)cc(Cl)nc32)[C@H](O)[C@@H]1O. The summed E-state index contributed by atoms with van der Waals surface area (Å²) in [5.41, 5.74) is 0.331. The van der Waals surface area contributed by atoms with E-state index in [1.165, 1.54) is 16.9 Å². The number of nitrogens with zero attached hydrogens (tertiary/aromatic N) is 3. The number of aliphatic hydroxyl groups excluding tert-OH is 3. The van der Waals surface area contributed by atoms with Gasteiger partial charge in [0.15, 0.2) is 11.9 Å². The lowest BCUT2D eigenvalue weighted by atomic mass is 10.1. The predicted molar refractivity (Wildman–Crippen MR) is 70.6 cm³/mol. The third-order valence-electron chi connectivity index (χ3n) is 3.24. The summed E-state index contributed by atoms with van der Waals surface area (Å²) in [6.45, 7) is -0.414. The van der Waals surface area contributed by atoms with Crippen molar-refractivity contribution in [2.75, 3.05) is 6.61 Å². The van der Waals surface area contributed by atoms with Crippen molar-refractivity contribution >= 4 is 34.2 Å². The molecule has 7 nitrogen and oxygen atoms in total. The Morgan fingerprint density at radius 3 is 2.70 bits per heavy atom. The van der Waals surface area contributed by atoms with Gasteiger partial charge in [0.2, 0.25) is 0 Å². The number of fused-ring (bicyclic) bond motifs is 1. The first kappa shape index (κ1) is 14.0. The van der Waals surface area contributed by atoms with Crippen LogP contribution in [0.25, 0.3) is 11.0 Å². The molecule has 3 rings (SSSR count). The molecule has 2 aromatic heterocycles. The van der Waals surface area contributed by atoms with Gasteiger partial charge in [-0.25, -0.2) is 9.67 Å². The topological polar surface area (TPSA) is 101 Å². The molecule has 1 aliphatic rings. The molecule has 2 aromatic rings. The van der Waals surface area contributed by atoms with E-state index < -0.39 is 31.1 Å². The zero-order valence-electron chi connectivity index (χ0n) is 10.0. The van der Waals surface area contributed by atoms with Gasteiger partial charge >= 0.3 is 0 Å². The number of ether oxygens (including phenoxy) is 1. The van der Waals surface area contributed by atoms with Crippen LogP contribution < -0.4 is 0 Å². The maximum absolute atomic E-state index is 9.99. The van der Waals surface area contributed by atoms with E-state index in [2.05, 4.69) is 10.1 Å². The van der Waals surface area contributed by atoms with Crippen molar-refractivity contribution in [3.63, 3.8) is 0 Å². The molecule has 3 N–H and O–H groups in total.